The van der Waals surface area contributed by atoms with Gasteiger partial charge in [-0.25, -0.2) is 13.2 Å². The van der Waals surface area contributed by atoms with Crippen molar-refractivity contribution in [2.75, 3.05) is 18.2 Å². The minimum absolute atomic E-state index is 0.0344. The van der Waals surface area contributed by atoms with Crippen molar-refractivity contribution < 1.29 is 27.7 Å². The van der Waals surface area contributed by atoms with Crippen molar-refractivity contribution in [2.24, 2.45) is 0 Å². The Kier molecular flexibility index (Phi) is 6.13. The molecule has 142 valence electrons. The van der Waals surface area contributed by atoms with E-state index in [4.69, 9.17) is 16.3 Å². The molecule has 0 heterocycles. The minimum Gasteiger partial charge on any atom is -0.452 e. The highest BCUT2D eigenvalue weighted by molar-refractivity contribution is 7.90. The maximum atomic E-state index is 12.0. The highest BCUT2D eigenvalue weighted by Gasteiger charge is 2.16. The van der Waals surface area contributed by atoms with Crippen LogP contribution in [0, 0.1) is 10.1 Å². The smallest absolute Gasteiger partial charge is 0.338 e. The van der Waals surface area contributed by atoms with E-state index in [0.717, 1.165) is 18.4 Å². The maximum absolute atomic E-state index is 12.0. The van der Waals surface area contributed by atoms with Crippen molar-refractivity contribution in [2.45, 2.75) is 4.90 Å². The van der Waals surface area contributed by atoms with Gasteiger partial charge < -0.3 is 10.1 Å². The summed E-state index contributed by atoms with van der Waals surface area (Å²) in [6.45, 7) is -0.668. The number of carbonyl (C=O) groups excluding carboxylic acids is 2. The molecule has 0 radical (unpaired) electrons. The van der Waals surface area contributed by atoms with Gasteiger partial charge in [0.2, 0.25) is 0 Å². The molecule has 0 spiro atoms. The Morgan fingerprint density at radius 1 is 1.22 bits per heavy atom. The molecule has 0 aliphatic carbocycles. The highest BCUT2D eigenvalue weighted by Crippen LogP contribution is 2.27. The van der Waals surface area contributed by atoms with Crippen LogP contribution in [0.2, 0.25) is 5.02 Å². The lowest BCUT2D eigenvalue weighted by molar-refractivity contribution is -0.384. The van der Waals surface area contributed by atoms with Crippen LogP contribution < -0.4 is 5.32 Å². The van der Waals surface area contributed by atoms with Gasteiger partial charge in [0.05, 0.1) is 15.4 Å². The molecule has 0 aromatic heterocycles. The summed E-state index contributed by atoms with van der Waals surface area (Å²) in [6, 6.07) is 8.85. The van der Waals surface area contributed by atoms with Gasteiger partial charge in [-0.3, -0.25) is 14.9 Å². The Morgan fingerprint density at radius 2 is 1.93 bits per heavy atom. The van der Waals surface area contributed by atoms with E-state index in [-0.39, 0.29) is 26.9 Å². The Bertz CT molecular complexity index is 1020. The van der Waals surface area contributed by atoms with Crippen molar-refractivity contribution in [1.82, 2.24) is 0 Å². The zero-order chi connectivity index (χ0) is 20.2. The van der Waals surface area contributed by atoms with Crippen LogP contribution in [0.5, 0.6) is 0 Å². The van der Waals surface area contributed by atoms with E-state index in [2.05, 4.69) is 5.32 Å². The van der Waals surface area contributed by atoms with Crippen molar-refractivity contribution in [3.8, 4) is 0 Å². The lowest BCUT2D eigenvalue weighted by Crippen LogP contribution is -2.21. The summed E-state index contributed by atoms with van der Waals surface area (Å²) in [7, 11) is -3.50. The van der Waals surface area contributed by atoms with E-state index in [1.54, 1.807) is 0 Å². The first-order chi connectivity index (χ1) is 12.6. The van der Waals surface area contributed by atoms with Gasteiger partial charge in [0.25, 0.3) is 11.6 Å². The second kappa shape index (κ2) is 8.14. The summed E-state index contributed by atoms with van der Waals surface area (Å²) < 4.78 is 27.8. The molecule has 27 heavy (non-hydrogen) atoms. The molecule has 0 aliphatic heterocycles. The first-order valence-electron chi connectivity index (χ1n) is 7.29. The van der Waals surface area contributed by atoms with Gasteiger partial charge in [0.1, 0.15) is 5.02 Å². The quantitative estimate of drug-likeness (QED) is 0.437. The molecule has 0 saturated carbocycles. The molecule has 2 aromatic carbocycles. The molecule has 0 bridgehead atoms. The van der Waals surface area contributed by atoms with Crippen molar-refractivity contribution in [3.05, 3.63) is 63.2 Å². The number of nitro benzene ring substituents is 1. The Hall–Kier alpha value is -2.98. The number of anilines is 1. The SMILES string of the molecule is CS(=O)(=O)c1cccc(C(=O)OCC(=O)Nc2ccc(Cl)c([N+](=O)[O-])c2)c1. The van der Waals surface area contributed by atoms with Crippen LogP contribution in [-0.2, 0) is 19.4 Å². The molecule has 0 fully saturated rings. The predicted octanol–water partition coefficient (Wildman–Crippen LogP) is 2.45. The highest BCUT2D eigenvalue weighted by atomic mass is 35.5. The number of benzene rings is 2. The van der Waals surface area contributed by atoms with Crippen LogP contribution in [0.25, 0.3) is 0 Å². The fourth-order valence-corrected chi connectivity index (χ4v) is 2.85. The van der Waals surface area contributed by atoms with Gasteiger partial charge in [-0.05, 0) is 30.3 Å². The number of esters is 1. The number of carbonyl (C=O) groups is 2. The number of halogens is 1. The summed E-state index contributed by atoms with van der Waals surface area (Å²) in [5, 5.41) is 13.1. The summed E-state index contributed by atoms with van der Waals surface area (Å²) in [5.41, 5.74) is -0.317. The molecule has 1 amide bonds. The number of nitrogens with zero attached hydrogens (tertiary/aromatic N) is 1. The number of nitro groups is 1. The molecular weight excluding hydrogens is 400 g/mol. The summed E-state index contributed by atoms with van der Waals surface area (Å²) >= 11 is 5.68. The molecule has 11 heteroatoms. The monoisotopic (exact) mass is 412 g/mol. The average molecular weight is 413 g/mol. The van der Waals surface area contributed by atoms with Gasteiger partial charge >= 0.3 is 5.97 Å². The van der Waals surface area contributed by atoms with Crippen LogP contribution in [-0.4, -0.2) is 38.1 Å². The number of rotatable bonds is 6. The van der Waals surface area contributed by atoms with Gasteiger partial charge in [-0.2, -0.15) is 0 Å². The zero-order valence-electron chi connectivity index (χ0n) is 13.8. The third-order valence-electron chi connectivity index (χ3n) is 3.26. The number of ether oxygens (including phenoxy) is 1. The van der Waals surface area contributed by atoms with Gasteiger partial charge in [0.15, 0.2) is 16.4 Å². The Balaban J connectivity index is 2.01. The Morgan fingerprint density at radius 3 is 2.56 bits per heavy atom. The zero-order valence-corrected chi connectivity index (χ0v) is 15.4. The largest absolute Gasteiger partial charge is 0.452 e. The van der Waals surface area contributed by atoms with Gasteiger partial charge in [-0.1, -0.05) is 17.7 Å². The van der Waals surface area contributed by atoms with E-state index >= 15 is 0 Å². The topological polar surface area (TPSA) is 133 Å². The number of sulfone groups is 1. The predicted molar refractivity (Wildman–Crippen MR) is 96.6 cm³/mol. The number of nitrogens with one attached hydrogen (secondary N) is 1. The number of amides is 1. The van der Waals surface area contributed by atoms with E-state index in [1.807, 2.05) is 0 Å². The summed E-state index contributed by atoms with van der Waals surface area (Å²) in [5.74, 6) is -1.63. The second-order valence-electron chi connectivity index (χ2n) is 5.35. The molecule has 2 rings (SSSR count). The summed E-state index contributed by atoms with van der Waals surface area (Å²) in [4.78, 5) is 33.9. The third-order valence-corrected chi connectivity index (χ3v) is 4.69. The minimum atomic E-state index is -3.50. The lowest BCUT2D eigenvalue weighted by atomic mass is 10.2. The third kappa shape index (κ3) is 5.50. The van der Waals surface area contributed by atoms with E-state index in [9.17, 15) is 28.1 Å². The molecule has 1 N–H and O–H groups in total. The van der Waals surface area contributed by atoms with Crippen molar-refractivity contribution in [1.29, 1.82) is 0 Å². The lowest BCUT2D eigenvalue weighted by Gasteiger charge is -2.08. The van der Waals surface area contributed by atoms with E-state index in [0.29, 0.717) is 0 Å². The number of hydrogen-bond donors (Lipinski definition) is 1. The van der Waals surface area contributed by atoms with Crippen molar-refractivity contribution >= 4 is 44.7 Å². The van der Waals surface area contributed by atoms with E-state index in [1.165, 1.54) is 30.3 Å². The second-order valence-corrected chi connectivity index (χ2v) is 7.77. The molecule has 0 saturated heterocycles. The fourth-order valence-electron chi connectivity index (χ4n) is 2.00. The molecule has 0 atom stereocenters. The first-order valence-corrected chi connectivity index (χ1v) is 9.56. The molecule has 2 aromatic rings. The van der Waals surface area contributed by atoms with Crippen LogP contribution >= 0.6 is 11.6 Å². The van der Waals surface area contributed by atoms with E-state index < -0.39 is 33.2 Å². The Labute approximate surface area is 159 Å². The normalized spacial score (nSPS) is 10.9. The fraction of sp³-hybridized carbons (Fsp3) is 0.125. The standard InChI is InChI=1S/C16H13ClN2O7S/c1-27(24,25)12-4-2-3-10(7-12)16(21)26-9-15(20)18-11-5-6-13(17)14(8-11)19(22)23/h2-8H,9H2,1H3,(H,18,20). The van der Waals surface area contributed by atoms with Gasteiger partial charge in [0, 0.05) is 18.0 Å². The number of hydrogen-bond acceptors (Lipinski definition) is 7. The molecule has 0 aliphatic rings. The van der Waals surface area contributed by atoms with Crippen molar-refractivity contribution in [3.63, 3.8) is 0 Å². The molecule has 9 nitrogen and oxygen atoms in total. The van der Waals surface area contributed by atoms with Crippen LogP contribution in [0.15, 0.2) is 47.4 Å². The molecule has 0 unspecified atom stereocenters. The maximum Gasteiger partial charge on any atom is 0.338 e. The first kappa shape index (κ1) is 20.3. The summed E-state index contributed by atoms with van der Waals surface area (Å²) in [6.07, 6.45) is 0.996. The van der Waals surface area contributed by atoms with Crippen LogP contribution in [0.1, 0.15) is 10.4 Å². The van der Waals surface area contributed by atoms with Crippen LogP contribution in [0.3, 0.4) is 0 Å². The molecular formula is C16H13ClN2O7S. The van der Waals surface area contributed by atoms with Gasteiger partial charge in [-0.15, -0.1) is 0 Å². The average Bonchev–Trinajstić information content (AvgIpc) is 2.60. The van der Waals surface area contributed by atoms with Crippen LogP contribution in [0.4, 0.5) is 11.4 Å².